The molecule has 1 aromatic carbocycles. The summed E-state index contributed by atoms with van der Waals surface area (Å²) in [5, 5.41) is 15.6. The summed E-state index contributed by atoms with van der Waals surface area (Å²) < 4.78 is 20.9. The highest BCUT2D eigenvalue weighted by atomic mass is 19.1. The lowest BCUT2D eigenvalue weighted by atomic mass is 10.0. The normalized spacial score (nSPS) is 20.0. The fourth-order valence-electron chi connectivity index (χ4n) is 3.72. The van der Waals surface area contributed by atoms with Gasteiger partial charge in [0.2, 0.25) is 11.8 Å². The third kappa shape index (κ3) is 4.58. The number of aliphatic hydroxyl groups is 1. The van der Waals surface area contributed by atoms with E-state index in [-0.39, 0.29) is 18.5 Å². The average Bonchev–Trinajstić information content (AvgIpc) is 2.79. The molecule has 9 heteroatoms. The second-order valence-electron chi connectivity index (χ2n) is 7.12. The number of rotatable bonds is 6. The molecule has 3 heterocycles. The first kappa shape index (κ1) is 19.8. The highest BCUT2D eigenvalue weighted by Gasteiger charge is 2.28. The predicted molar refractivity (Wildman–Crippen MR) is 110 cm³/mol. The van der Waals surface area contributed by atoms with Crippen molar-refractivity contribution in [3.05, 3.63) is 41.7 Å². The number of benzene rings is 1. The highest BCUT2D eigenvalue weighted by Crippen LogP contribution is 2.30. The third-order valence-corrected chi connectivity index (χ3v) is 5.20. The molecular weight excluding hydrogens is 375 g/mol. The van der Waals surface area contributed by atoms with Crippen molar-refractivity contribution in [1.29, 1.82) is 0 Å². The van der Waals surface area contributed by atoms with E-state index in [2.05, 4.69) is 32.7 Å². The largest absolute Gasteiger partial charge is 0.395 e. The van der Waals surface area contributed by atoms with Crippen molar-refractivity contribution in [2.75, 3.05) is 74.2 Å². The molecular formula is C20H27FN6O2. The molecule has 156 valence electrons. The molecule has 0 radical (unpaired) electrons. The minimum Gasteiger partial charge on any atom is -0.395 e. The summed E-state index contributed by atoms with van der Waals surface area (Å²) in [6.07, 6.45) is 0. The molecule has 1 aromatic heterocycles. The van der Waals surface area contributed by atoms with Crippen molar-refractivity contribution in [3.63, 3.8) is 0 Å². The molecule has 2 aromatic rings. The molecule has 1 atom stereocenters. The fraction of sp³-hybridized carbons (Fsp3) is 0.500. The Hall–Kier alpha value is -2.49. The van der Waals surface area contributed by atoms with Crippen LogP contribution in [0.1, 0.15) is 11.6 Å². The van der Waals surface area contributed by atoms with Crippen LogP contribution in [0.2, 0.25) is 0 Å². The van der Waals surface area contributed by atoms with Crippen molar-refractivity contribution in [2.24, 2.45) is 0 Å². The summed E-state index contributed by atoms with van der Waals surface area (Å²) in [7, 11) is 0. The topological polar surface area (TPSA) is 85.8 Å². The predicted octanol–water partition coefficient (Wildman–Crippen LogP) is 1.01. The summed E-state index contributed by atoms with van der Waals surface area (Å²) in [5.74, 6) is 0.500. The molecule has 0 saturated carbocycles. The zero-order chi connectivity index (χ0) is 20.1. The molecule has 4 rings (SSSR count). The number of halogens is 1. The lowest BCUT2D eigenvalue weighted by molar-refractivity contribution is 0.122. The van der Waals surface area contributed by atoms with E-state index in [1.54, 1.807) is 0 Å². The van der Waals surface area contributed by atoms with Crippen LogP contribution in [0.15, 0.2) is 30.3 Å². The van der Waals surface area contributed by atoms with Crippen LogP contribution >= 0.6 is 0 Å². The first-order valence-electron chi connectivity index (χ1n) is 10.0. The first-order valence-corrected chi connectivity index (χ1v) is 10.0. The Morgan fingerprint density at radius 2 is 1.83 bits per heavy atom. The number of ether oxygens (including phenoxy) is 1. The molecule has 8 nitrogen and oxygen atoms in total. The summed E-state index contributed by atoms with van der Waals surface area (Å²) in [6, 6.07) is 10.3. The van der Waals surface area contributed by atoms with Crippen LogP contribution in [0.25, 0.3) is 0 Å². The fourth-order valence-corrected chi connectivity index (χ4v) is 3.72. The molecule has 0 amide bonds. The minimum absolute atomic E-state index is 0.0489. The second kappa shape index (κ2) is 9.34. The van der Waals surface area contributed by atoms with Crippen molar-refractivity contribution in [2.45, 2.75) is 6.04 Å². The smallest absolute Gasteiger partial charge is 0.226 e. The molecule has 29 heavy (non-hydrogen) atoms. The van der Waals surface area contributed by atoms with Crippen LogP contribution in [0, 0.1) is 5.82 Å². The summed E-state index contributed by atoms with van der Waals surface area (Å²) in [5.41, 5.74) is 1.17. The van der Waals surface area contributed by atoms with Gasteiger partial charge < -0.3 is 30.3 Å². The van der Waals surface area contributed by atoms with Gasteiger partial charge in [0.05, 0.1) is 19.8 Å². The number of nitrogens with zero attached hydrogens (tertiary/aromatic N) is 4. The number of aliphatic hydroxyl groups excluding tert-OH is 1. The van der Waals surface area contributed by atoms with Gasteiger partial charge in [-0.2, -0.15) is 14.4 Å². The SMILES string of the molecule is OCCNc1nc(N2CCOCC2)c(F)c(N2CCNC(c3ccccc3)C2)n1. The number of hydrogen-bond acceptors (Lipinski definition) is 8. The average molecular weight is 402 g/mol. The van der Waals surface area contributed by atoms with Crippen LogP contribution in [0.4, 0.5) is 22.0 Å². The number of anilines is 3. The molecule has 0 bridgehead atoms. The van der Waals surface area contributed by atoms with E-state index >= 15 is 4.39 Å². The van der Waals surface area contributed by atoms with E-state index in [0.29, 0.717) is 57.7 Å². The van der Waals surface area contributed by atoms with Crippen LogP contribution in [-0.4, -0.2) is 74.2 Å². The van der Waals surface area contributed by atoms with Crippen molar-refractivity contribution < 1.29 is 14.2 Å². The first-order chi connectivity index (χ1) is 14.3. The maximum atomic E-state index is 15.5. The number of piperazine rings is 1. The number of aromatic nitrogens is 2. The van der Waals surface area contributed by atoms with Crippen molar-refractivity contribution >= 4 is 17.6 Å². The number of nitrogens with one attached hydrogen (secondary N) is 2. The van der Waals surface area contributed by atoms with Crippen LogP contribution < -0.4 is 20.4 Å². The van der Waals surface area contributed by atoms with E-state index in [4.69, 9.17) is 9.84 Å². The summed E-state index contributed by atoms with van der Waals surface area (Å²) in [6.45, 7) is 4.51. The second-order valence-corrected chi connectivity index (χ2v) is 7.12. The Morgan fingerprint density at radius 1 is 1.10 bits per heavy atom. The Balaban J connectivity index is 1.63. The molecule has 3 N–H and O–H groups in total. The summed E-state index contributed by atoms with van der Waals surface area (Å²) >= 11 is 0. The molecule has 2 saturated heterocycles. The van der Waals surface area contributed by atoms with E-state index in [1.165, 1.54) is 5.56 Å². The maximum absolute atomic E-state index is 15.5. The standard InChI is InChI=1S/C20H27FN6O2/c21-17-18(26-9-12-29-13-10-26)24-20(23-7-11-28)25-19(17)27-8-6-22-16(14-27)15-4-2-1-3-5-15/h1-5,16,22,28H,6-14H2,(H,23,24,25). The van der Waals surface area contributed by atoms with Gasteiger partial charge >= 0.3 is 0 Å². The molecule has 2 fully saturated rings. The van der Waals surface area contributed by atoms with E-state index in [0.717, 1.165) is 6.54 Å². The van der Waals surface area contributed by atoms with Crippen LogP contribution in [0.3, 0.4) is 0 Å². The zero-order valence-corrected chi connectivity index (χ0v) is 16.4. The molecule has 1 unspecified atom stereocenters. The van der Waals surface area contributed by atoms with E-state index in [1.807, 2.05) is 28.0 Å². The lowest BCUT2D eigenvalue weighted by Crippen LogP contribution is -2.47. The van der Waals surface area contributed by atoms with Gasteiger partial charge in [-0.15, -0.1) is 0 Å². The molecule has 0 spiro atoms. The Morgan fingerprint density at radius 3 is 2.55 bits per heavy atom. The van der Waals surface area contributed by atoms with Gasteiger partial charge in [-0.25, -0.2) is 0 Å². The van der Waals surface area contributed by atoms with Gasteiger partial charge in [-0.3, -0.25) is 0 Å². The zero-order valence-electron chi connectivity index (χ0n) is 16.4. The summed E-state index contributed by atoms with van der Waals surface area (Å²) in [4.78, 5) is 12.7. The maximum Gasteiger partial charge on any atom is 0.226 e. The van der Waals surface area contributed by atoms with Gasteiger partial charge in [-0.1, -0.05) is 30.3 Å². The lowest BCUT2D eigenvalue weighted by Gasteiger charge is -2.36. The van der Waals surface area contributed by atoms with E-state index < -0.39 is 5.82 Å². The van der Waals surface area contributed by atoms with Crippen LogP contribution in [-0.2, 0) is 4.74 Å². The Labute approximate surface area is 169 Å². The number of hydrogen-bond donors (Lipinski definition) is 3. The number of morpholine rings is 1. The van der Waals surface area contributed by atoms with Gasteiger partial charge in [-0.05, 0) is 5.56 Å². The molecule has 2 aliphatic heterocycles. The molecule has 0 aliphatic carbocycles. The monoisotopic (exact) mass is 402 g/mol. The van der Waals surface area contributed by atoms with Crippen molar-refractivity contribution in [3.8, 4) is 0 Å². The van der Waals surface area contributed by atoms with E-state index in [9.17, 15) is 0 Å². The quantitative estimate of drug-likeness (QED) is 0.660. The van der Waals surface area contributed by atoms with Gasteiger partial charge in [0, 0.05) is 45.3 Å². The molecule has 2 aliphatic rings. The minimum atomic E-state index is -0.407. The van der Waals surface area contributed by atoms with Gasteiger partial charge in [0.15, 0.2) is 11.6 Å². The van der Waals surface area contributed by atoms with Crippen LogP contribution in [0.5, 0.6) is 0 Å². The van der Waals surface area contributed by atoms with Gasteiger partial charge in [0.25, 0.3) is 0 Å². The third-order valence-electron chi connectivity index (χ3n) is 5.20. The highest BCUT2D eigenvalue weighted by molar-refractivity contribution is 5.57. The Kier molecular flexibility index (Phi) is 6.38. The Bertz CT molecular complexity index is 803. The van der Waals surface area contributed by atoms with Gasteiger partial charge in [0.1, 0.15) is 0 Å². The van der Waals surface area contributed by atoms with Crippen molar-refractivity contribution in [1.82, 2.24) is 15.3 Å².